The zero-order valence-electron chi connectivity index (χ0n) is 15.8. The van der Waals surface area contributed by atoms with E-state index in [0.717, 1.165) is 0 Å². The van der Waals surface area contributed by atoms with Crippen LogP contribution in [0.5, 0.6) is 0 Å². The van der Waals surface area contributed by atoms with Crippen molar-refractivity contribution >= 4 is 35.4 Å². The van der Waals surface area contributed by atoms with Crippen molar-refractivity contribution in [2.45, 2.75) is 34.1 Å². The number of hydrogen-bond acceptors (Lipinski definition) is 10. The number of hydrogen-bond donors (Lipinski definition) is 0. The summed E-state index contributed by atoms with van der Waals surface area (Å²) in [4.78, 5) is 72.1. The fraction of sp³-hybridized carbons (Fsp3) is 0.647. The molecule has 0 amide bonds. The van der Waals surface area contributed by atoms with Gasteiger partial charge in [0.1, 0.15) is 11.8 Å². The molecule has 0 rings (SSSR count). The third kappa shape index (κ3) is 7.55. The first-order valence-corrected chi connectivity index (χ1v) is 8.50. The Balaban J connectivity index is 5.74. The van der Waals surface area contributed by atoms with Crippen LogP contribution in [0.1, 0.15) is 34.1 Å². The van der Waals surface area contributed by atoms with E-state index in [9.17, 15) is 28.8 Å². The molecule has 0 aliphatic carbocycles. The number of ether oxygens (including phenoxy) is 4. The summed E-state index contributed by atoms with van der Waals surface area (Å²) in [5.41, 5.74) is 0. The zero-order valence-corrected chi connectivity index (χ0v) is 15.8. The largest absolute Gasteiger partial charge is 0.465 e. The third-order valence-corrected chi connectivity index (χ3v) is 3.20. The van der Waals surface area contributed by atoms with Crippen molar-refractivity contribution in [3.8, 4) is 0 Å². The van der Waals surface area contributed by atoms with E-state index in [-0.39, 0.29) is 26.4 Å². The lowest BCUT2D eigenvalue weighted by molar-refractivity contribution is -0.166. The van der Waals surface area contributed by atoms with E-state index in [1.54, 1.807) is 0 Å². The first-order valence-electron chi connectivity index (χ1n) is 8.50. The van der Waals surface area contributed by atoms with E-state index >= 15 is 0 Å². The maximum Gasteiger partial charge on any atom is 0.375 e. The lowest BCUT2D eigenvalue weighted by Gasteiger charge is -2.18. The number of Topliss-reactive ketones (excluding diaryl/α,β-unsaturated/α-hetero) is 2. The van der Waals surface area contributed by atoms with Crippen LogP contribution in [0.15, 0.2) is 0 Å². The molecule has 0 spiro atoms. The van der Waals surface area contributed by atoms with Gasteiger partial charge in [-0.2, -0.15) is 0 Å². The molecule has 0 aliphatic heterocycles. The lowest BCUT2D eigenvalue weighted by Crippen LogP contribution is -2.40. The maximum atomic E-state index is 12.2. The van der Waals surface area contributed by atoms with E-state index in [4.69, 9.17) is 9.47 Å². The number of rotatable bonds is 12. The molecule has 0 radical (unpaired) electrons. The molecule has 152 valence electrons. The van der Waals surface area contributed by atoms with Crippen molar-refractivity contribution in [2.24, 2.45) is 11.8 Å². The average Bonchev–Trinajstić information content (AvgIpc) is 2.62. The van der Waals surface area contributed by atoms with Crippen molar-refractivity contribution in [1.82, 2.24) is 0 Å². The highest BCUT2D eigenvalue weighted by Crippen LogP contribution is 2.20. The van der Waals surface area contributed by atoms with Gasteiger partial charge in [-0.3, -0.25) is 19.2 Å². The molecule has 0 fully saturated rings. The lowest BCUT2D eigenvalue weighted by atomic mass is 9.88. The molecular weight excluding hydrogens is 364 g/mol. The first kappa shape index (κ1) is 24.2. The second-order valence-corrected chi connectivity index (χ2v) is 5.01. The summed E-state index contributed by atoms with van der Waals surface area (Å²) < 4.78 is 18.6. The Morgan fingerprint density at radius 3 is 1.11 bits per heavy atom. The van der Waals surface area contributed by atoms with Gasteiger partial charge in [-0.25, -0.2) is 9.59 Å². The van der Waals surface area contributed by atoms with Crippen molar-refractivity contribution in [1.29, 1.82) is 0 Å². The molecule has 10 heteroatoms. The molecular formula is C17H24O10. The van der Waals surface area contributed by atoms with Gasteiger partial charge < -0.3 is 18.9 Å². The summed E-state index contributed by atoms with van der Waals surface area (Å²) in [5.74, 6) is -11.1. The first-order chi connectivity index (χ1) is 12.7. The molecule has 0 aliphatic rings. The highest BCUT2D eigenvalue weighted by atomic mass is 16.6. The van der Waals surface area contributed by atoms with Crippen LogP contribution in [0.3, 0.4) is 0 Å². The van der Waals surface area contributed by atoms with Crippen molar-refractivity contribution in [2.75, 3.05) is 26.4 Å². The number of carbonyl (C=O) groups excluding carboxylic acids is 6. The number of carbonyl (C=O) groups is 6. The summed E-state index contributed by atoms with van der Waals surface area (Å²) >= 11 is 0. The molecule has 0 saturated heterocycles. The van der Waals surface area contributed by atoms with E-state index < -0.39 is 53.7 Å². The highest BCUT2D eigenvalue weighted by Gasteiger charge is 2.43. The van der Waals surface area contributed by atoms with Gasteiger partial charge in [0.25, 0.3) is 11.6 Å². The van der Waals surface area contributed by atoms with Gasteiger partial charge in [0, 0.05) is 0 Å². The Labute approximate surface area is 156 Å². The minimum atomic E-state index is -1.81. The highest BCUT2D eigenvalue weighted by molar-refractivity contribution is 6.39. The second kappa shape index (κ2) is 12.6. The summed E-state index contributed by atoms with van der Waals surface area (Å²) in [6.45, 7) is 5.38. The van der Waals surface area contributed by atoms with E-state index in [1.165, 1.54) is 27.7 Å². The SMILES string of the molecule is CCOC(=O)C(=O)[C@@H](C[C@@H](C(=O)OCC)C(=O)C(=O)OCC)C(=O)OCC. The van der Waals surface area contributed by atoms with Crippen molar-refractivity contribution in [3.63, 3.8) is 0 Å². The van der Waals surface area contributed by atoms with Gasteiger partial charge in [0.2, 0.25) is 0 Å². The van der Waals surface area contributed by atoms with E-state index in [1.807, 2.05) is 0 Å². The van der Waals surface area contributed by atoms with Crippen LogP contribution in [0.4, 0.5) is 0 Å². The van der Waals surface area contributed by atoms with Gasteiger partial charge in [0.15, 0.2) is 0 Å². The quantitative estimate of drug-likeness (QED) is 0.194. The van der Waals surface area contributed by atoms with Crippen LogP contribution in [0, 0.1) is 11.8 Å². The number of ketones is 2. The van der Waals surface area contributed by atoms with Gasteiger partial charge in [-0.1, -0.05) is 0 Å². The molecule has 0 bridgehead atoms. The van der Waals surface area contributed by atoms with Crippen molar-refractivity contribution < 1.29 is 47.7 Å². The molecule has 0 unspecified atom stereocenters. The number of esters is 4. The minimum absolute atomic E-state index is 0.110. The predicted molar refractivity (Wildman–Crippen MR) is 88.1 cm³/mol. The van der Waals surface area contributed by atoms with E-state index in [0.29, 0.717) is 0 Å². The fourth-order valence-electron chi connectivity index (χ4n) is 2.03. The topological polar surface area (TPSA) is 139 Å². The molecule has 0 aromatic rings. The summed E-state index contributed by atoms with van der Waals surface area (Å²) in [6, 6.07) is 0. The van der Waals surface area contributed by atoms with Crippen LogP contribution in [0.25, 0.3) is 0 Å². The Morgan fingerprint density at radius 1 is 0.556 bits per heavy atom. The summed E-state index contributed by atoms with van der Waals surface area (Å²) in [7, 11) is 0. The minimum Gasteiger partial charge on any atom is -0.465 e. The molecule has 0 saturated carbocycles. The normalized spacial score (nSPS) is 12.3. The van der Waals surface area contributed by atoms with Crippen LogP contribution in [-0.4, -0.2) is 61.9 Å². The van der Waals surface area contributed by atoms with Gasteiger partial charge in [-0.15, -0.1) is 0 Å². The molecule has 0 aromatic carbocycles. The molecule has 0 aromatic heterocycles. The van der Waals surface area contributed by atoms with Crippen LogP contribution >= 0.6 is 0 Å². The second-order valence-electron chi connectivity index (χ2n) is 5.01. The third-order valence-electron chi connectivity index (χ3n) is 3.20. The van der Waals surface area contributed by atoms with Gasteiger partial charge >= 0.3 is 23.9 Å². The fourth-order valence-corrected chi connectivity index (χ4v) is 2.03. The smallest absolute Gasteiger partial charge is 0.375 e. The summed E-state index contributed by atoms with van der Waals surface area (Å²) in [5, 5.41) is 0. The summed E-state index contributed by atoms with van der Waals surface area (Å²) in [6.07, 6.45) is -0.785. The Bertz CT molecular complexity index is 530. The van der Waals surface area contributed by atoms with E-state index in [2.05, 4.69) is 9.47 Å². The Kier molecular flexibility index (Phi) is 11.3. The van der Waals surface area contributed by atoms with Gasteiger partial charge in [0.05, 0.1) is 26.4 Å². The molecule has 2 atom stereocenters. The monoisotopic (exact) mass is 388 g/mol. The zero-order chi connectivity index (χ0) is 21.0. The molecule has 0 heterocycles. The maximum absolute atomic E-state index is 12.2. The average molecular weight is 388 g/mol. The van der Waals surface area contributed by atoms with Gasteiger partial charge in [-0.05, 0) is 34.1 Å². The van der Waals surface area contributed by atoms with Crippen LogP contribution in [-0.2, 0) is 47.7 Å². The molecule has 27 heavy (non-hydrogen) atoms. The molecule has 10 nitrogen and oxygen atoms in total. The standard InChI is InChI=1S/C17H24O10/c1-5-24-14(20)10(12(18)16(22)26-7-3)9-11(15(21)25-6-2)13(19)17(23)27-8-4/h10-11H,5-9H2,1-4H3/t10-,11-/m1/s1. The van der Waals surface area contributed by atoms with Crippen molar-refractivity contribution in [3.05, 3.63) is 0 Å². The predicted octanol–water partition coefficient (Wildman–Crippen LogP) is -0.000500. The van der Waals surface area contributed by atoms with Crippen LogP contribution in [0.2, 0.25) is 0 Å². The molecule has 0 N–H and O–H groups in total. The van der Waals surface area contributed by atoms with Crippen LogP contribution < -0.4 is 0 Å². The Hall–Kier alpha value is -2.78. The Morgan fingerprint density at radius 2 is 0.852 bits per heavy atom.